The molecule has 0 aromatic heterocycles. The van der Waals surface area contributed by atoms with Crippen LogP contribution in [0.5, 0.6) is 0 Å². The van der Waals surface area contributed by atoms with Crippen molar-refractivity contribution in [3.63, 3.8) is 0 Å². The van der Waals surface area contributed by atoms with Gasteiger partial charge in [-0.05, 0) is 12.8 Å². The number of hydrogen-bond acceptors (Lipinski definition) is 3. The first-order valence-electron chi connectivity index (χ1n) is 4.68. The molecule has 0 unspecified atom stereocenters. The average molecular weight is 217 g/mol. The number of amides is 1. The zero-order valence-electron chi connectivity index (χ0n) is 8.74. The highest BCUT2D eigenvalue weighted by Crippen LogP contribution is 2.11. The fourth-order valence-electron chi connectivity index (χ4n) is 1.12. The minimum Gasteiger partial charge on any atom is -0.479 e. The summed E-state index contributed by atoms with van der Waals surface area (Å²) in [6, 6.07) is 0. The van der Waals surface area contributed by atoms with Gasteiger partial charge in [-0.1, -0.05) is 13.8 Å². The molecule has 0 bridgehead atoms. The maximum Gasteiger partial charge on any atom is 0.341 e. The van der Waals surface area contributed by atoms with E-state index < -0.39 is 23.4 Å². The first kappa shape index (κ1) is 13.4. The van der Waals surface area contributed by atoms with Crippen LogP contribution in [0.1, 0.15) is 33.1 Å². The van der Waals surface area contributed by atoms with Crippen LogP contribution in [-0.2, 0) is 14.4 Å². The number of hydrogen-bond donors (Lipinski definition) is 3. The summed E-state index contributed by atoms with van der Waals surface area (Å²) in [5.74, 6) is -3.67. The Labute approximate surface area is 87.3 Å². The largest absolute Gasteiger partial charge is 0.479 e. The molecule has 0 rings (SSSR count). The van der Waals surface area contributed by atoms with E-state index in [2.05, 4.69) is 0 Å². The van der Waals surface area contributed by atoms with Crippen molar-refractivity contribution >= 4 is 17.8 Å². The second-order valence-corrected chi connectivity index (χ2v) is 3.17. The monoisotopic (exact) mass is 217 g/mol. The fraction of sp³-hybridized carbons (Fsp3) is 0.667. The maximum atomic E-state index is 11.2. The van der Waals surface area contributed by atoms with E-state index in [-0.39, 0.29) is 12.8 Å². The third kappa shape index (κ3) is 2.93. The lowest BCUT2D eigenvalue weighted by molar-refractivity contribution is -0.161. The number of carbonyl (C=O) groups is 3. The molecule has 86 valence electrons. The summed E-state index contributed by atoms with van der Waals surface area (Å²) in [5, 5.41) is 19.7. The van der Waals surface area contributed by atoms with Gasteiger partial charge in [-0.25, -0.2) is 9.59 Å². The first-order valence-corrected chi connectivity index (χ1v) is 4.68. The van der Waals surface area contributed by atoms with Crippen molar-refractivity contribution in [2.45, 2.75) is 38.6 Å². The lowest BCUT2D eigenvalue weighted by atomic mass is 9.96. The molecular weight excluding hydrogens is 202 g/mol. The second kappa shape index (κ2) is 5.33. The normalized spacial score (nSPS) is 10.8. The average Bonchev–Trinajstić information content (AvgIpc) is 2.13. The Bertz CT molecular complexity index is 260. The fourth-order valence-corrected chi connectivity index (χ4v) is 1.12. The van der Waals surface area contributed by atoms with Gasteiger partial charge in [-0.15, -0.1) is 0 Å². The molecule has 0 saturated heterocycles. The molecular formula is C9H15NO5. The van der Waals surface area contributed by atoms with E-state index in [4.69, 9.17) is 10.2 Å². The predicted octanol–water partition coefficient (Wildman–Crippen LogP) is 0.221. The van der Waals surface area contributed by atoms with E-state index in [0.717, 1.165) is 0 Å². The van der Waals surface area contributed by atoms with Crippen LogP contribution in [0, 0.1) is 0 Å². The lowest BCUT2D eigenvalue weighted by Crippen LogP contribution is -2.59. The molecule has 0 aromatic rings. The summed E-state index contributed by atoms with van der Waals surface area (Å²) >= 11 is 0. The van der Waals surface area contributed by atoms with Gasteiger partial charge in [0.2, 0.25) is 11.4 Å². The van der Waals surface area contributed by atoms with Gasteiger partial charge in [0, 0.05) is 6.42 Å². The Morgan fingerprint density at radius 3 is 1.87 bits per heavy atom. The Kier molecular flexibility index (Phi) is 4.77. The van der Waals surface area contributed by atoms with Gasteiger partial charge in [0.1, 0.15) is 0 Å². The second-order valence-electron chi connectivity index (χ2n) is 3.17. The van der Waals surface area contributed by atoms with Crippen LogP contribution in [-0.4, -0.2) is 33.6 Å². The number of aliphatic carboxylic acids is 2. The summed E-state index contributed by atoms with van der Waals surface area (Å²) in [5.41, 5.74) is -2.20. The highest BCUT2D eigenvalue weighted by atomic mass is 16.4. The first-order chi connectivity index (χ1) is 6.90. The van der Waals surface area contributed by atoms with Crippen molar-refractivity contribution in [2.24, 2.45) is 0 Å². The predicted molar refractivity (Wildman–Crippen MR) is 51.3 cm³/mol. The molecule has 0 atom stereocenters. The Balaban J connectivity index is 4.86. The van der Waals surface area contributed by atoms with Crippen molar-refractivity contribution in [2.75, 3.05) is 0 Å². The number of carboxylic acids is 2. The van der Waals surface area contributed by atoms with E-state index in [9.17, 15) is 14.4 Å². The van der Waals surface area contributed by atoms with Crippen molar-refractivity contribution < 1.29 is 24.6 Å². The van der Waals surface area contributed by atoms with Crippen molar-refractivity contribution in [1.82, 2.24) is 5.32 Å². The molecule has 0 spiro atoms. The van der Waals surface area contributed by atoms with Gasteiger partial charge in [-0.2, -0.15) is 0 Å². The standard InChI is InChI=1S/C9H15NO5/c1-3-5-6(11)10-9(4-2,7(12)13)8(14)15/h3-5H2,1-2H3,(H,10,11)(H,12,13)(H,14,15). The Morgan fingerprint density at radius 1 is 1.13 bits per heavy atom. The van der Waals surface area contributed by atoms with Gasteiger partial charge < -0.3 is 15.5 Å². The molecule has 0 aromatic carbocycles. The molecule has 0 fully saturated rings. The topological polar surface area (TPSA) is 104 Å². The molecule has 3 N–H and O–H groups in total. The van der Waals surface area contributed by atoms with Gasteiger partial charge in [0.25, 0.3) is 0 Å². The van der Waals surface area contributed by atoms with Crippen LogP contribution in [0.3, 0.4) is 0 Å². The van der Waals surface area contributed by atoms with Gasteiger partial charge in [0.05, 0.1) is 0 Å². The third-order valence-electron chi connectivity index (χ3n) is 2.09. The minimum absolute atomic E-state index is 0.113. The van der Waals surface area contributed by atoms with Gasteiger partial charge >= 0.3 is 11.9 Å². The summed E-state index contributed by atoms with van der Waals surface area (Å²) in [6.45, 7) is 3.14. The maximum absolute atomic E-state index is 11.2. The van der Waals surface area contributed by atoms with E-state index >= 15 is 0 Å². The lowest BCUT2D eigenvalue weighted by Gasteiger charge is -2.24. The Morgan fingerprint density at radius 2 is 1.60 bits per heavy atom. The zero-order valence-corrected chi connectivity index (χ0v) is 8.74. The molecule has 0 aliphatic carbocycles. The number of carbonyl (C=O) groups excluding carboxylic acids is 1. The molecule has 0 heterocycles. The van der Waals surface area contributed by atoms with Gasteiger partial charge in [0.15, 0.2) is 0 Å². The molecule has 6 nitrogen and oxygen atoms in total. The highest BCUT2D eigenvalue weighted by Gasteiger charge is 2.46. The van der Waals surface area contributed by atoms with E-state index in [1.54, 1.807) is 6.92 Å². The molecule has 1 amide bonds. The van der Waals surface area contributed by atoms with Crippen LogP contribution < -0.4 is 5.32 Å². The van der Waals surface area contributed by atoms with Crippen LogP contribution in [0.15, 0.2) is 0 Å². The quantitative estimate of drug-likeness (QED) is 0.552. The molecule has 0 saturated carbocycles. The summed E-state index contributed by atoms with van der Waals surface area (Å²) in [6.07, 6.45) is 0.445. The van der Waals surface area contributed by atoms with Crippen molar-refractivity contribution in [1.29, 1.82) is 0 Å². The van der Waals surface area contributed by atoms with Crippen LogP contribution in [0.4, 0.5) is 0 Å². The van der Waals surface area contributed by atoms with Crippen LogP contribution >= 0.6 is 0 Å². The number of nitrogens with one attached hydrogen (secondary N) is 1. The summed E-state index contributed by atoms with van der Waals surface area (Å²) in [4.78, 5) is 32.9. The minimum atomic E-state index is -2.20. The highest BCUT2D eigenvalue weighted by molar-refractivity contribution is 6.06. The number of rotatable bonds is 6. The van der Waals surface area contributed by atoms with E-state index in [0.29, 0.717) is 6.42 Å². The zero-order chi connectivity index (χ0) is 12.1. The van der Waals surface area contributed by atoms with E-state index in [1.807, 2.05) is 5.32 Å². The molecule has 15 heavy (non-hydrogen) atoms. The van der Waals surface area contributed by atoms with Crippen molar-refractivity contribution in [3.8, 4) is 0 Å². The van der Waals surface area contributed by atoms with Crippen molar-refractivity contribution in [3.05, 3.63) is 0 Å². The third-order valence-corrected chi connectivity index (χ3v) is 2.09. The summed E-state index contributed by atoms with van der Waals surface area (Å²) < 4.78 is 0. The molecule has 0 aliphatic heterocycles. The smallest absolute Gasteiger partial charge is 0.341 e. The Hall–Kier alpha value is -1.59. The number of carboxylic acid groups (broad SMARTS) is 2. The molecule has 0 aliphatic rings. The molecule has 0 radical (unpaired) electrons. The SMILES string of the molecule is CCCC(=O)NC(CC)(C(=O)O)C(=O)O. The molecule has 6 heteroatoms. The van der Waals surface area contributed by atoms with Crippen LogP contribution in [0.2, 0.25) is 0 Å². The summed E-state index contributed by atoms with van der Waals surface area (Å²) in [7, 11) is 0. The van der Waals surface area contributed by atoms with Gasteiger partial charge in [-0.3, -0.25) is 4.79 Å². The van der Waals surface area contributed by atoms with Crippen LogP contribution in [0.25, 0.3) is 0 Å². The van der Waals surface area contributed by atoms with E-state index in [1.165, 1.54) is 6.92 Å².